The van der Waals surface area contributed by atoms with Gasteiger partial charge >= 0.3 is 0 Å². The van der Waals surface area contributed by atoms with Gasteiger partial charge in [-0.1, -0.05) is 36.4 Å². The van der Waals surface area contributed by atoms with Gasteiger partial charge < -0.3 is 20.1 Å². The van der Waals surface area contributed by atoms with E-state index in [1.165, 1.54) is 12.1 Å². The molecule has 0 atom stereocenters. The third-order valence-electron chi connectivity index (χ3n) is 4.83. The first-order valence-electron chi connectivity index (χ1n) is 10.6. The van der Waals surface area contributed by atoms with Crippen molar-refractivity contribution in [2.45, 2.75) is 6.54 Å². The van der Waals surface area contributed by atoms with Crippen molar-refractivity contribution in [2.75, 3.05) is 17.2 Å². The molecule has 0 heterocycles. The van der Waals surface area contributed by atoms with Crippen LogP contribution in [0.25, 0.3) is 0 Å². The summed E-state index contributed by atoms with van der Waals surface area (Å²) >= 11 is 3.48. The number of rotatable bonds is 9. The van der Waals surface area contributed by atoms with Crippen molar-refractivity contribution in [3.63, 3.8) is 0 Å². The number of benzene rings is 4. The van der Waals surface area contributed by atoms with Crippen LogP contribution < -0.4 is 20.1 Å². The molecule has 0 aliphatic heterocycles. The second-order valence-electron chi connectivity index (χ2n) is 7.37. The molecule has 0 saturated heterocycles. The van der Waals surface area contributed by atoms with Crippen LogP contribution in [-0.4, -0.2) is 12.5 Å². The van der Waals surface area contributed by atoms with Gasteiger partial charge in [0.25, 0.3) is 5.91 Å². The molecular formula is C27H22BrFN2O3. The van der Waals surface area contributed by atoms with Crippen molar-refractivity contribution in [2.24, 2.45) is 0 Å². The Morgan fingerprint density at radius 2 is 1.56 bits per heavy atom. The molecule has 172 valence electrons. The second kappa shape index (κ2) is 11.3. The van der Waals surface area contributed by atoms with Gasteiger partial charge in [0, 0.05) is 12.2 Å². The van der Waals surface area contributed by atoms with Crippen LogP contribution in [0.4, 0.5) is 15.8 Å². The summed E-state index contributed by atoms with van der Waals surface area (Å²) in [7, 11) is 0. The SMILES string of the molecule is O=C(COc1ccc(CNc2ccc(Oc3ccccc3)cc2)cc1Br)Nc1ccccc1F. The van der Waals surface area contributed by atoms with E-state index in [-0.39, 0.29) is 12.3 Å². The van der Waals surface area contributed by atoms with Crippen molar-refractivity contribution in [3.05, 3.63) is 113 Å². The number of amides is 1. The molecule has 34 heavy (non-hydrogen) atoms. The Kier molecular flexibility index (Phi) is 7.78. The molecule has 4 rings (SSSR count). The van der Waals surface area contributed by atoms with Crippen molar-refractivity contribution < 1.29 is 18.7 Å². The maximum atomic E-state index is 13.7. The summed E-state index contributed by atoms with van der Waals surface area (Å²) in [5.41, 5.74) is 2.11. The standard InChI is InChI=1S/C27H22BrFN2O3/c28-23-16-19(10-15-26(23)33-18-27(32)31-25-9-5-4-8-24(25)29)17-30-20-11-13-22(14-12-20)34-21-6-2-1-3-7-21/h1-16,30H,17-18H2,(H,31,32). The fraction of sp³-hybridized carbons (Fsp3) is 0.0741. The molecule has 4 aromatic rings. The second-order valence-corrected chi connectivity index (χ2v) is 8.23. The summed E-state index contributed by atoms with van der Waals surface area (Å²) in [6, 6.07) is 29.0. The molecule has 2 N–H and O–H groups in total. The normalized spacial score (nSPS) is 10.4. The van der Waals surface area contributed by atoms with Gasteiger partial charge in [0.05, 0.1) is 10.2 Å². The molecule has 0 aliphatic carbocycles. The average Bonchev–Trinajstić information content (AvgIpc) is 2.85. The Hall–Kier alpha value is -3.84. The first kappa shape index (κ1) is 23.3. The molecule has 7 heteroatoms. The Morgan fingerprint density at radius 3 is 2.29 bits per heavy atom. The van der Waals surface area contributed by atoms with Gasteiger partial charge in [0.1, 0.15) is 23.1 Å². The van der Waals surface area contributed by atoms with Crippen LogP contribution in [0.2, 0.25) is 0 Å². The number of carbonyl (C=O) groups excluding carboxylic acids is 1. The fourth-order valence-corrected chi connectivity index (χ4v) is 3.67. The monoisotopic (exact) mass is 520 g/mol. The van der Waals surface area contributed by atoms with Gasteiger partial charge in [-0.05, 0) is 82.2 Å². The number of anilines is 2. The smallest absolute Gasteiger partial charge is 0.262 e. The minimum absolute atomic E-state index is 0.122. The van der Waals surface area contributed by atoms with Crippen molar-refractivity contribution in [3.8, 4) is 17.2 Å². The van der Waals surface area contributed by atoms with Crippen LogP contribution in [0.5, 0.6) is 17.2 Å². The Balaban J connectivity index is 1.26. The van der Waals surface area contributed by atoms with Gasteiger partial charge in [-0.2, -0.15) is 0 Å². The number of carbonyl (C=O) groups is 1. The van der Waals surface area contributed by atoms with E-state index in [2.05, 4.69) is 26.6 Å². The number of hydrogen-bond donors (Lipinski definition) is 2. The molecule has 0 unspecified atom stereocenters. The molecule has 4 aromatic carbocycles. The Labute approximate surface area is 205 Å². The van der Waals surface area contributed by atoms with E-state index in [4.69, 9.17) is 9.47 Å². The zero-order valence-electron chi connectivity index (χ0n) is 18.1. The highest BCUT2D eigenvalue weighted by Gasteiger charge is 2.09. The average molecular weight is 521 g/mol. The highest BCUT2D eigenvalue weighted by atomic mass is 79.9. The minimum atomic E-state index is -0.493. The topological polar surface area (TPSA) is 59.6 Å². The first-order valence-corrected chi connectivity index (χ1v) is 11.4. The molecule has 0 aliphatic rings. The number of halogens is 2. The summed E-state index contributed by atoms with van der Waals surface area (Å²) in [5.74, 6) is 1.14. The lowest BCUT2D eigenvalue weighted by atomic mass is 10.2. The summed E-state index contributed by atoms with van der Waals surface area (Å²) in [6.07, 6.45) is 0. The van der Waals surface area contributed by atoms with Crippen LogP contribution in [-0.2, 0) is 11.3 Å². The summed E-state index contributed by atoms with van der Waals surface area (Å²) < 4.78 is 25.8. The van der Waals surface area contributed by atoms with E-state index >= 15 is 0 Å². The molecule has 0 bridgehead atoms. The van der Waals surface area contributed by atoms with Crippen molar-refractivity contribution >= 4 is 33.2 Å². The molecular weight excluding hydrogens is 499 g/mol. The number of ether oxygens (including phenoxy) is 2. The summed E-state index contributed by atoms with van der Waals surface area (Å²) in [5, 5.41) is 5.86. The maximum absolute atomic E-state index is 13.7. The third kappa shape index (κ3) is 6.59. The predicted octanol–water partition coefficient (Wildman–Crippen LogP) is 7.01. The predicted molar refractivity (Wildman–Crippen MR) is 135 cm³/mol. The van der Waals surface area contributed by atoms with E-state index in [9.17, 15) is 9.18 Å². The molecule has 0 spiro atoms. The number of hydrogen-bond acceptors (Lipinski definition) is 4. The summed E-state index contributed by atoms with van der Waals surface area (Å²) in [6.45, 7) is 0.369. The van der Waals surface area contributed by atoms with Crippen LogP contribution in [0, 0.1) is 5.82 Å². The molecule has 0 fully saturated rings. The molecule has 5 nitrogen and oxygen atoms in total. The van der Waals surface area contributed by atoms with E-state index in [1.807, 2.05) is 66.7 Å². The van der Waals surface area contributed by atoms with Gasteiger partial charge in [0.2, 0.25) is 0 Å². The van der Waals surface area contributed by atoms with Gasteiger partial charge in [0.15, 0.2) is 6.61 Å². The maximum Gasteiger partial charge on any atom is 0.262 e. The van der Waals surface area contributed by atoms with E-state index in [0.29, 0.717) is 12.3 Å². The highest BCUT2D eigenvalue weighted by Crippen LogP contribution is 2.27. The molecule has 1 amide bonds. The minimum Gasteiger partial charge on any atom is -0.483 e. The molecule has 0 saturated carbocycles. The Bertz CT molecular complexity index is 1250. The lowest BCUT2D eigenvalue weighted by molar-refractivity contribution is -0.118. The van der Waals surface area contributed by atoms with E-state index < -0.39 is 11.7 Å². The number of nitrogens with one attached hydrogen (secondary N) is 2. The lowest BCUT2D eigenvalue weighted by Crippen LogP contribution is -2.20. The van der Waals surface area contributed by atoms with E-state index in [0.717, 1.165) is 27.2 Å². The molecule has 0 aromatic heterocycles. The highest BCUT2D eigenvalue weighted by molar-refractivity contribution is 9.10. The molecule has 0 radical (unpaired) electrons. The third-order valence-corrected chi connectivity index (χ3v) is 5.45. The zero-order valence-corrected chi connectivity index (χ0v) is 19.7. The fourth-order valence-electron chi connectivity index (χ4n) is 3.13. The first-order chi connectivity index (χ1) is 16.6. The Morgan fingerprint density at radius 1 is 0.853 bits per heavy atom. The quantitative estimate of drug-likeness (QED) is 0.249. The largest absolute Gasteiger partial charge is 0.483 e. The van der Waals surface area contributed by atoms with Crippen LogP contribution in [0.3, 0.4) is 0 Å². The van der Waals surface area contributed by atoms with Crippen LogP contribution in [0.15, 0.2) is 102 Å². The van der Waals surface area contributed by atoms with E-state index in [1.54, 1.807) is 18.2 Å². The van der Waals surface area contributed by atoms with Crippen LogP contribution >= 0.6 is 15.9 Å². The van der Waals surface area contributed by atoms with Gasteiger partial charge in [-0.25, -0.2) is 4.39 Å². The zero-order chi connectivity index (χ0) is 23.8. The van der Waals surface area contributed by atoms with Crippen molar-refractivity contribution in [1.82, 2.24) is 0 Å². The number of para-hydroxylation sites is 2. The van der Waals surface area contributed by atoms with Crippen molar-refractivity contribution in [1.29, 1.82) is 0 Å². The van der Waals surface area contributed by atoms with Gasteiger partial charge in [-0.15, -0.1) is 0 Å². The van der Waals surface area contributed by atoms with Crippen LogP contribution in [0.1, 0.15) is 5.56 Å². The lowest BCUT2D eigenvalue weighted by Gasteiger charge is -2.12. The van der Waals surface area contributed by atoms with Gasteiger partial charge in [-0.3, -0.25) is 4.79 Å². The summed E-state index contributed by atoms with van der Waals surface area (Å²) in [4.78, 5) is 12.1.